The standard InChI is InChI=1S/C18H13ClF4N2O4S3/c19-16-10-24-17(30-16)25-32(28,29)13-4-2-12(3-5-13)31(26,27)8-7-11-1-6-14(15(20)9-11)18(21,22)23/h1-6,9-10H,7-8H2,(H,24,25). The number of sulfone groups is 1. The number of nitrogens with one attached hydrogen (secondary N) is 1. The molecule has 0 atom stereocenters. The molecule has 32 heavy (non-hydrogen) atoms. The highest BCUT2D eigenvalue weighted by molar-refractivity contribution is 7.93. The molecule has 0 aliphatic rings. The van der Waals surface area contributed by atoms with Gasteiger partial charge in [0.2, 0.25) is 0 Å². The quantitative estimate of drug-likeness (QED) is 0.446. The molecule has 172 valence electrons. The topological polar surface area (TPSA) is 93.2 Å². The molecule has 6 nitrogen and oxygen atoms in total. The average molecular weight is 529 g/mol. The van der Waals surface area contributed by atoms with Crippen molar-refractivity contribution in [1.82, 2.24) is 4.98 Å². The zero-order chi connectivity index (χ0) is 23.7. The van der Waals surface area contributed by atoms with Crippen LogP contribution in [0.1, 0.15) is 11.1 Å². The van der Waals surface area contributed by atoms with Crippen LogP contribution in [0.2, 0.25) is 4.34 Å². The van der Waals surface area contributed by atoms with Gasteiger partial charge in [-0.3, -0.25) is 4.72 Å². The predicted octanol–water partition coefficient (Wildman–Crippen LogP) is 4.77. The molecule has 1 heterocycles. The van der Waals surface area contributed by atoms with Gasteiger partial charge >= 0.3 is 6.18 Å². The maximum atomic E-state index is 13.7. The molecule has 3 rings (SSSR count). The molecule has 2 aromatic carbocycles. The Hall–Kier alpha value is -2.22. The predicted molar refractivity (Wildman–Crippen MR) is 112 cm³/mol. The van der Waals surface area contributed by atoms with E-state index in [1.165, 1.54) is 6.20 Å². The molecule has 0 saturated carbocycles. The lowest BCUT2D eigenvalue weighted by molar-refractivity contribution is -0.140. The van der Waals surface area contributed by atoms with E-state index in [4.69, 9.17) is 11.6 Å². The first kappa shape index (κ1) is 24.4. The largest absolute Gasteiger partial charge is 0.419 e. The fraction of sp³-hybridized carbons (Fsp3) is 0.167. The highest BCUT2D eigenvalue weighted by Crippen LogP contribution is 2.32. The van der Waals surface area contributed by atoms with Crippen LogP contribution in [-0.4, -0.2) is 27.6 Å². The number of alkyl halides is 3. The fourth-order valence-electron chi connectivity index (χ4n) is 2.62. The van der Waals surface area contributed by atoms with Crippen LogP contribution in [0.4, 0.5) is 22.7 Å². The molecular weight excluding hydrogens is 516 g/mol. The zero-order valence-electron chi connectivity index (χ0n) is 15.7. The van der Waals surface area contributed by atoms with E-state index in [1.807, 2.05) is 0 Å². The summed E-state index contributed by atoms with van der Waals surface area (Å²) in [6, 6.07) is 6.56. The van der Waals surface area contributed by atoms with E-state index >= 15 is 0 Å². The minimum Gasteiger partial charge on any atom is -0.255 e. The molecule has 0 fully saturated rings. The van der Waals surface area contributed by atoms with Gasteiger partial charge in [-0.05, 0) is 48.4 Å². The van der Waals surface area contributed by atoms with Crippen molar-refractivity contribution in [1.29, 1.82) is 0 Å². The number of hydrogen-bond acceptors (Lipinski definition) is 6. The van der Waals surface area contributed by atoms with Crippen LogP contribution < -0.4 is 4.72 Å². The molecule has 0 saturated heterocycles. The summed E-state index contributed by atoms with van der Waals surface area (Å²) in [5.41, 5.74) is -1.36. The Morgan fingerprint density at radius 1 is 1.00 bits per heavy atom. The molecule has 14 heteroatoms. The number of thiazole rings is 1. The summed E-state index contributed by atoms with van der Waals surface area (Å²) in [7, 11) is -7.94. The number of nitrogens with zero attached hydrogens (tertiary/aromatic N) is 1. The molecule has 0 aliphatic carbocycles. The van der Waals surface area contributed by atoms with Crippen molar-refractivity contribution in [3.63, 3.8) is 0 Å². The minimum absolute atomic E-state index is 0.0375. The van der Waals surface area contributed by atoms with E-state index in [1.54, 1.807) is 0 Å². The van der Waals surface area contributed by atoms with Gasteiger partial charge in [0.25, 0.3) is 10.0 Å². The van der Waals surface area contributed by atoms with E-state index in [0.29, 0.717) is 12.1 Å². The number of aromatic nitrogens is 1. The Morgan fingerprint density at radius 2 is 1.62 bits per heavy atom. The number of sulfonamides is 1. The van der Waals surface area contributed by atoms with Crippen molar-refractivity contribution >= 4 is 47.9 Å². The molecule has 0 aliphatic heterocycles. The van der Waals surface area contributed by atoms with Crippen molar-refractivity contribution in [3.05, 3.63) is 69.9 Å². The maximum Gasteiger partial charge on any atom is 0.419 e. The second-order valence-electron chi connectivity index (χ2n) is 6.43. The van der Waals surface area contributed by atoms with Gasteiger partial charge in [0, 0.05) is 0 Å². The molecule has 1 aromatic heterocycles. The first-order valence-corrected chi connectivity index (χ1v) is 12.9. The fourth-order valence-corrected chi connectivity index (χ4v) is 5.96. The lowest BCUT2D eigenvalue weighted by Crippen LogP contribution is -2.14. The monoisotopic (exact) mass is 528 g/mol. The van der Waals surface area contributed by atoms with Crippen LogP contribution in [-0.2, 0) is 32.5 Å². The third-order valence-electron chi connectivity index (χ3n) is 4.19. The summed E-state index contributed by atoms with van der Waals surface area (Å²) >= 11 is 6.60. The second kappa shape index (κ2) is 8.96. The van der Waals surface area contributed by atoms with E-state index in [-0.39, 0.29) is 31.2 Å². The number of rotatable bonds is 7. The van der Waals surface area contributed by atoms with Crippen molar-refractivity contribution in [3.8, 4) is 0 Å². The number of benzene rings is 2. The Labute approximate surface area is 189 Å². The molecular formula is C18H13ClF4N2O4S3. The Kier molecular flexibility index (Phi) is 6.84. The first-order chi connectivity index (χ1) is 14.8. The zero-order valence-corrected chi connectivity index (χ0v) is 18.9. The third-order valence-corrected chi connectivity index (χ3v) is 8.44. The number of anilines is 1. The van der Waals surface area contributed by atoms with Crippen LogP contribution in [0.15, 0.2) is 58.5 Å². The molecule has 0 amide bonds. The van der Waals surface area contributed by atoms with E-state index < -0.39 is 43.2 Å². The van der Waals surface area contributed by atoms with Crippen LogP contribution in [0.25, 0.3) is 0 Å². The van der Waals surface area contributed by atoms with Crippen LogP contribution in [0.5, 0.6) is 0 Å². The van der Waals surface area contributed by atoms with Crippen molar-refractivity contribution in [2.24, 2.45) is 0 Å². The van der Waals surface area contributed by atoms with Crippen molar-refractivity contribution in [2.45, 2.75) is 22.4 Å². The second-order valence-corrected chi connectivity index (χ2v) is 11.9. The Morgan fingerprint density at radius 3 is 2.16 bits per heavy atom. The SMILES string of the molecule is O=S(=O)(CCc1ccc(C(F)(F)F)c(F)c1)c1ccc(S(=O)(=O)Nc2ncc(Cl)s2)cc1. The van der Waals surface area contributed by atoms with Gasteiger partial charge in [-0.2, -0.15) is 13.2 Å². The molecule has 0 bridgehead atoms. The third kappa shape index (κ3) is 5.77. The number of halogens is 5. The van der Waals surface area contributed by atoms with Gasteiger partial charge in [0.1, 0.15) is 10.2 Å². The van der Waals surface area contributed by atoms with E-state index in [2.05, 4.69) is 9.71 Å². The summed E-state index contributed by atoms with van der Waals surface area (Å²) in [5, 5.41) is 0.0375. The van der Waals surface area contributed by atoms with Gasteiger partial charge < -0.3 is 0 Å². The van der Waals surface area contributed by atoms with Crippen LogP contribution >= 0.6 is 22.9 Å². The molecule has 1 N–H and O–H groups in total. The highest BCUT2D eigenvalue weighted by atomic mass is 35.5. The van der Waals surface area contributed by atoms with Gasteiger partial charge in [0.15, 0.2) is 15.0 Å². The lowest BCUT2D eigenvalue weighted by atomic mass is 10.1. The first-order valence-electron chi connectivity index (χ1n) is 8.60. The molecule has 0 unspecified atom stereocenters. The summed E-state index contributed by atoms with van der Waals surface area (Å²) in [5.74, 6) is -2.00. The van der Waals surface area contributed by atoms with Crippen LogP contribution in [0.3, 0.4) is 0 Å². The maximum absolute atomic E-state index is 13.7. The van der Waals surface area contributed by atoms with Crippen molar-refractivity contribution < 1.29 is 34.4 Å². The number of aryl methyl sites for hydroxylation is 1. The summed E-state index contributed by atoms with van der Waals surface area (Å²) in [4.78, 5) is 3.36. The van der Waals surface area contributed by atoms with Crippen LogP contribution in [0, 0.1) is 5.82 Å². The van der Waals surface area contributed by atoms with E-state index in [9.17, 15) is 34.4 Å². The summed E-state index contributed by atoms with van der Waals surface area (Å²) in [6.45, 7) is 0. The van der Waals surface area contributed by atoms with Gasteiger partial charge in [0.05, 0.1) is 27.3 Å². The summed E-state index contributed by atoms with van der Waals surface area (Å²) in [6.07, 6.45) is -3.82. The molecule has 0 radical (unpaired) electrons. The van der Waals surface area contributed by atoms with Crippen molar-refractivity contribution in [2.75, 3.05) is 10.5 Å². The lowest BCUT2D eigenvalue weighted by Gasteiger charge is -2.10. The molecule has 3 aromatic rings. The summed E-state index contributed by atoms with van der Waals surface area (Å²) < 4.78 is 104. The number of hydrogen-bond donors (Lipinski definition) is 1. The molecule has 0 spiro atoms. The van der Waals surface area contributed by atoms with Gasteiger partial charge in [-0.25, -0.2) is 26.2 Å². The highest BCUT2D eigenvalue weighted by Gasteiger charge is 2.34. The Balaban J connectivity index is 1.72. The van der Waals surface area contributed by atoms with Gasteiger partial charge in [-0.1, -0.05) is 29.0 Å². The van der Waals surface area contributed by atoms with Gasteiger partial charge in [-0.15, -0.1) is 0 Å². The normalized spacial score (nSPS) is 12.7. The minimum atomic E-state index is -4.85. The average Bonchev–Trinajstić information content (AvgIpc) is 3.09. The smallest absolute Gasteiger partial charge is 0.255 e. The Bertz CT molecular complexity index is 1340. The van der Waals surface area contributed by atoms with E-state index in [0.717, 1.165) is 41.7 Å².